The van der Waals surface area contributed by atoms with E-state index in [4.69, 9.17) is 5.73 Å². The number of benzene rings is 1. The molecular formula is C14H18ClF6N. The normalized spacial score (nSPS) is 13.6. The summed E-state index contributed by atoms with van der Waals surface area (Å²) in [6.07, 6.45) is -7.04. The Morgan fingerprint density at radius 1 is 1.00 bits per heavy atom. The molecule has 0 radical (unpaired) electrons. The van der Waals surface area contributed by atoms with E-state index in [1.54, 1.807) is 0 Å². The molecule has 1 aromatic rings. The number of nitrogens with two attached hydrogens (primary N) is 1. The van der Waals surface area contributed by atoms with Gasteiger partial charge in [-0.25, -0.2) is 0 Å². The van der Waals surface area contributed by atoms with E-state index in [0.717, 1.165) is 18.9 Å². The molecule has 1 atom stereocenters. The van der Waals surface area contributed by atoms with Gasteiger partial charge in [-0.1, -0.05) is 32.3 Å². The number of hydrogen-bond acceptors (Lipinski definition) is 1. The molecule has 8 heteroatoms. The molecule has 0 fully saturated rings. The molecule has 22 heavy (non-hydrogen) atoms. The second-order valence-electron chi connectivity index (χ2n) is 4.90. The van der Waals surface area contributed by atoms with Crippen LogP contribution in [0.3, 0.4) is 0 Å². The monoisotopic (exact) mass is 349 g/mol. The van der Waals surface area contributed by atoms with E-state index in [2.05, 4.69) is 0 Å². The van der Waals surface area contributed by atoms with Gasteiger partial charge in [0.1, 0.15) is 0 Å². The zero-order valence-corrected chi connectivity index (χ0v) is 12.7. The lowest BCUT2D eigenvalue weighted by molar-refractivity contribution is -0.143. The Kier molecular flexibility index (Phi) is 7.71. The molecule has 2 N–H and O–H groups in total. The largest absolute Gasteiger partial charge is 0.416 e. The standard InChI is InChI=1S/C14H17F6N.ClH/c1-2-3-4-5-12(21)10-7-6-9(13(15,16)17)8-11(10)14(18,19)20;/h6-8,12H,2-5,21H2,1H3;1H/t12-;/m1./s1. The van der Waals surface area contributed by atoms with Crippen LogP contribution >= 0.6 is 12.4 Å². The lowest BCUT2D eigenvalue weighted by atomic mass is 9.94. The molecule has 0 aromatic heterocycles. The highest BCUT2D eigenvalue weighted by Gasteiger charge is 2.38. The molecular weight excluding hydrogens is 332 g/mol. The number of halogens is 7. The lowest BCUT2D eigenvalue weighted by Crippen LogP contribution is -2.19. The lowest BCUT2D eigenvalue weighted by Gasteiger charge is -2.20. The van der Waals surface area contributed by atoms with Gasteiger partial charge in [-0.2, -0.15) is 26.3 Å². The van der Waals surface area contributed by atoms with Crippen LogP contribution in [0.2, 0.25) is 0 Å². The molecule has 1 nitrogen and oxygen atoms in total. The van der Waals surface area contributed by atoms with Crippen LogP contribution in [0.15, 0.2) is 18.2 Å². The Hall–Kier alpha value is -0.950. The Bertz CT molecular complexity index is 469. The summed E-state index contributed by atoms with van der Waals surface area (Å²) in [5, 5.41) is 0. The minimum atomic E-state index is -4.86. The summed E-state index contributed by atoms with van der Waals surface area (Å²) < 4.78 is 76.4. The maximum absolute atomic E-state index is 12.9. The van der Waals surface area contributed by atoms with Crippen molar-refractivity contribution >= 4 is 12.4 Å². The fourth-order valence-electron chi connectivity index (χ4n) is 2.07. The van der Waals surface area contributed by atoms with Crippen LogP contribution in [0.4, 0.5) is 26.3 Å². The third-order valence-electron chi connectivity index (χ3n) is 3.20. The number of hydrogen-bond donors (Lipinski definition) is 1. The molecule has 0 amide bonds. The highest BCUT2D eigenvalue weighted by molar-refractivity contribution is 5.85. The summed E-state index contributed by atoms with van der Waals surface area (Å²) in [6, 6.07) is 0.692. The average Bonchev–Trinajstić information content (AvgIpc) is 2.36. The van der Waals surface area contributed by atoms with Crippen LogP contribution in [0, 0.1) is 0 Å². The Morgan fingerprint density at radius 3 is 2.05 bits per heavy atom. The third kappa shape index (κ3) is 5.68. The first-order chi connectivity index (χ1) is 9.57. The van der Waals surface area contributed by atoms with E-state index < -0.39 is 29.5 Å². The quantitative estimate of drug-likeness (QED) is 0.533. The Morgan fingerprint density at radius 2 is 1.59 bits per heavy atom. The number of rotatable bonds is 5. The van der Waals surface area contributed by atoms with E-state index in [9.17, 15) is 26.3 Å². The molecule has 0 saturated carbocycles. The van der Waals surface area contributed by atoms with Gasteiger partial charge in [0.15, 0.2) is 0 Å². The van der Waals surface area contributed by atoms with Crippen molar-refractivity contribution in [1.29, 1.82) is 0 Å². The molecule has 0 bridgehead atoms. The molecule has 128 valence electrons. The molecule has 0 unspecified atom stereocenters. The van der Waals surface area contributed by atoms with Crippen molar-refractivity contribution in [2.75, 3.05) is 0 Å². The van der Waals surface area contributed by atoms with Crippen LogP contribution in [-0.4, -0.2) is 0 Å². The maximum Gasteiger partial charge on any atom is 0.416 e. The smallest absolute Gasteiger partial charge is 0.324 e. The minimum absolute atomic E-state index is 0. The number of alkyl halides is 6. The van der Waals surface area contributed by atoms with Gasteiger partial charge in [0.25, 0.3) is 0 Å². The average molecular weight is 350 g/mol. The molecule has 0 saturated heterocycles. The summed E-state index contributed by atoms with van der Waals surface area (Å²) in [5.74, 6) is 0. The molecule has 1 rings (SSSR count). The summed E-state index contributed by atoms with van der Waals surface area (Å²) in [4.78, 5) is 0. The van der Waals surface area contributed by atoms with Gasteiger partial charge >= 0.3 is 12.4 Å². The summed E-state index contributed by atoms with van der Waals surface area (Å²) in [6.45, 7) is 1.94. The fourth-order valence-corrected chi connectivity index (χ4v) is 2.07. The highest BCUT2D eigenvalue weighted by atomic mass is 35.5. The van der Waals surface area contributed by atoms with Crippen LogP contribution in [0.25, 0.3) is 0 Å². The first kappa shape index (κ1) is 21.0. The van der Waals surface area contributed by atoms with Gasteiger partial charge in [0.2, 0.25) is 0 Å². The molecule has 1 aromatic carbocycles. The Balaban J connectivity index is 0.00000441. The van der Waals surface area contributed by atoms with Gasteiger partial charge in [-0.15, -0.1) is 12.4 Å². The van der Waals surface area contributed by atoms with Crippen molar-refractivity contribution in [2.24, 2.45) is 5.73 Å². The summed E-state index contributed by atoms with van der Waals surface area (Å²) in [5.41, 5.74) is 2.80. The van der Waals surface area contributed by atoms with E-state index in [1.807, 2.05) is 6.92 Å². The zero-order valence-electron chi connectivity index (χ0n) is 11.9. The van der Waals surface area contributed by atoms with Gasteiger partial charge < -0.3 is 5.73 Å². The van der Waals surface area contributed by atoms with Gasteiger partial charge in [0, 0.05) is 6.04 Å². The highest BCUT2D eigenvalue weighted by Crippen LogP contribution is 2.39. The van der Waals surface area contributed by atoms with E-state index in [0.29, 0.717) is 18.9 Å². The molecule has 0 aliphatic rings. The molecule has 0 spiro atoms. The van der Waals surface area contributed by atoms with Crippen molar-refractivity contribution in [1.82, 2.24) is 0 Å². The van der Waals surface area contributed by atoms with Crippen molar-refractivity contribution in [3.05, 3.63) is 34.9 Å². The van der Waals surface area contributed by atoms with Crippen molar-refractivity contribution in [2.45, 2.75) is 51.0 Å². The fraction of sp³-hybridized carbons (Fsp3) is 0.571. The second kappa shape index (κ2) is 8.06. The van der Waals surface area contributed by atoms with Crippen molar-refractivity contribution < 1.29 is 26.3 Å². The van der Waals surface area contributed by atoms with Gasteiger partial charge in [0.05, 0.1) is 11.1 Å². The molecule has 0 aliphatic carbocycles. The second-order valence-corrected chi connectivity index (χ2v) is 4.90. The first-order valence-electron chi connectivity index (χ1n) is 6.61. The predicted molar refractivity (Wildman–Crippen MR) is 74.8 cm³/mol. The van der Waals surface area contributed by atoms with Crippen molar-refractivity contribution in [3.63, 3.8) is 0 Å². The minimum Gasteiger partial charge on any atom is -0.324 e. The maximum atomic E-state index is 12.9. The Labute approximate surface area is 131 Å². The number of unbranched alkanes of at least 4 members (excludes halogenated alkanes) is 2. The third-order valence-corrected chi connectivity index (χ3v) is 3.20. The van der Waals surface area contributed by atoms with Crippen LogP contribution in [0.1, 0.15) is 55.3 Å². The molecule has 0 heterocycles. The van der Waals surface area contributed by atoms with Crippen molar-refractivity contribution in [3.8, 4) is 0 Å². The van der Waals surface area contributed by atoms with Gasteiger partial charge in [-0.05, 0) is 24.1 Å². The first-order valence-corrected chi connectivity index (χ1v) is 6.61. The van der Waals surface area contributed by atoms with E-state index in [1.165, 1.54) is 0 Å². The zero-order chi connectivity index (χ0) is 16.3. The topological polar surface area (TPSA) is 26.0 Å². The van der Waals surface area contributed by atoms with Crippen LogP contribution in [0.5, 0.6) is 0 Å². The molecule has 0 aliphatic heterocycles. The summed E-state index contributed by atoms with van der Waals surface area (Å²) >= 11 is 0. The summed E-state index contributed by atoms with van der Waals surface area (Å²) in [7, 11) is 0. The van der Waals surface area contributed by atoms with Crippen LogP contribution < -0.4 is 5.73 Å². The SMILES string of the molecule is CCCCC[C@@H](N)c1ccc(C(F)(F)F)cc1C(F)(F)F.Cl. The van der Waals surface area contributed by atoms with Gasteiger partial charge in [-0.3, -0.25) is 0 Å². The predicted octanol–water partition coefficient (Wildman–Crippen LogP) is 5.73. The van der Waals surface area contributed by atoms with E-state index >= 15 is 0 Å². The van der Waals surface area contributed by atoms with E-state index in [-0.39, 0.29) is 24.0 Å². The van der Waals surface area contributed by atoms with Crippen LogP contribution in [-0.2, 0) is 12.4 Å².